The van der Waals surface area contributed by atoms with Crippen LogP contribution in [-0.4, -0.2) is 24.5 Å². The van der Waals surface area contributed by atoms with Crippen molar-refractivity contribution in [1.82, 2.24) is 10.6 Å². The molecule has 0 radical (unpaired) electrons. The van der Waals surface area contributed by atoms with Gasteiger partial charge in [0, 0.05) is 18.5 Å². The van der Waals surface area contributed by atoms with Gasteiger partial charge in [0.2, 0.25) is 5.91 Å². The molecule has 1 rings (SSSR count). The van der Waals surface area contributed by atoms with Crippen molar-refractivity contribution >= 4 is 18.3 Å². The number of nitrogens with one attached hydrogen (secondary N) is 2. The molecule has 0 aromatic heterocycles. The Kier molecular flexibility index (Phi) is 8.62. The first-order chi connectivity index (χ1) is 7.97. The van der Waals surface area contributed by atoms with E-state index in [2.05, 4.69) is 38.3 Å². The monoisotopic (exact) mass is 276 g/mol. The van der Waals surface area contributed by atoms with E-state index in [1.807, 2.05) is 0 Å². The Balaban J connectivity index is 0.00000289. The van der Waals surface area contributed by atoms with E-state index in [1.165, 1.54) is 0 Å². The molecule has 3 unspecified atom stereocenters. The van der Waals surface area contributed by atoms with Crippen LogP contribution in [-0.2, 0) is 4.79 Å². The van der Waals surface area contributed by atoms with E-state index in [0.29, 0.717) is 30.3 Å². The highest BCUT2D eigenvalue weighted by molar-refractivity contribution is 5.85. The third-order valence-electron chi connectivity index (χ3n) is 3.40. The number of amides is 1. The number of carbonyl (C=O) groups is 1. The molecule has 1 amide bonds. The summed E-state index contributed by atoms with van der Waals surface area (Å²) in [5, 5.41) is 6.58. The maximum absolute atomic E-state index is 11.9. The van der Waals surface area contributed by atoms with E-state index in [0.717, 1.165) is 25.8 Å². The lowest BCUT2D eigenvalue weighted by atomic mass is 9.95. The second kappa shape index (κ2) is 8.76. The summed E-state index contributed by atoms with van der Waals surface area (Å²) >= 11 is 0. The Hall–Kier alpha value is -0.280. The van der Waals surface area contributed by atoms with Crippen molar-refractivity contribution in [2.75, 3.05) is 6.54 Å². The van der Waals surface area contributed by atoms with Crippen molar-refractivity contribution in [2.24, 2.45) is 11.8 Å². The minimum Gasteiger partial charge on any atom is -0.353 e. The molecule has 0 aromatic carbocycles. The Labute approximate surface area is 118 Å². The van der Waals surface area contributed by atoms with E-state index in [-0.39, 0.29) is 18.3 Å². The zero-order valence-corrected chi connectivity index (χ0v) is 13.0. The predicted molar refractivity (Wildman–Crippen MR) is 79.1 cm³/mol. The van der Waals surface area contributed by atoms with Crippen LogP contribution in [0, 0.1) is 11.8 Å². The van der Waals surface area contributed by atoms with E-state index < -0.39 is 0 Å². The highest BCUT2D eigenvalue weighted by atomic mass is 35.5. The summed E-state index contributed by atoms with van der Waals surface area (Å²) in [5.74, 6) is 1.41. The first kappa shape index (κ1) is 17.7. The van der Waals surface area contributed by atoms with Gasteiger partial charge in [-0.1, -0.05) is 20.8 Å². The van der Waals surface area contributed by atoms with Gasteiger partial charge in [0.25, 0.3) is 0 Å². The summed E-state index contributed by atoms with van der Waals surface area (Å²) in [7, 11) is 0. The van der Waals surface area contributed by atoms with Gasteiger partial charge < -0.3 is 10.6 Å². The van der Waals surface area contributed by atoms with Crippen molar-refractivity contribution < 1.29 is 4.79 Å². The van der Waals surface area contributed by atoms with Gasteiger partial charge in [0.05, 0.1) is 0 Å². The highest BCUT2D eigenvalue weighted by Crippen LogP contribution is 2.15. The fourth-order valence-electron chi connectivity index (χ4n) is 2.75. The molecule has 0 aliphatic carbocycles. The second-order valence-corrected chi connectivity index (χ2v) is 6.08. The van der Waals surface area contributed by atoms with E-state index >= 15 is 0 Å². The van der Waals surface area contributed by atoms with Gasteiger partial charge in [-0.2, -0.15) is 0 Å². The van der Waals surface area contributed by atoms with Crippen LogP contribution < -0.4 is 10.6 Å². The maximum atomic E-state index is 11.9. The van der Waals surface area contributed by atoms with Crippen LogP contribution in [0.2, 0.25) is 0 Å². The first-order valence-electron chi connectivity index (χ1n) is 7.00. The van der Waals surface area contributed by atoms with Gasteiger partial charge in [0.1, 0.15) is 0 Å². The lowest BCUT2D eigenvalue weighted by Gasteiger charge is -2.29. The van der Waals surface area contributed by atoms with Crippen LogP contribution in [0.1, 0.15) is 53.4 Å². The van der Waals surface area contributed by atoms with Crippen molar-refractivity contribution in [3.63, 3.8) is 0 Å². The lowest BCUT2D eigenvalue weighted by Crippen LogP contribution is -2.46. The van der Waals surface area contributed by atoms with Gasteiger partial charge in [-0.05, 0) is 44.6 Å². The van der Waals surface area contributed by atoms with Crippen LogP contribution in [0.5, 0.6) is 0 Å². The molecule has 1 aliphatic rings. The molecule has 3 nitrogen and oxygen atoms in total. The third-order valence-corrected chi connectivity index (χ3v) is 3.40. The number of hydrogen-bond acceptors (Lipinski definition) is 2. The minimum absolute atomic E-state index is 0. The molecule has 4 heteroatoms. The fourth-order valence-corrected chi connectivity index (χ4v) is 2.75. The molecule has 1 aliphatic heterocycles. The van der Waals surface area contributed by atoms with Gasteiger partial charge >= 0.3 is 0 Å². The van der Waals surface area contributed by atoms with Crippen LogP contribution in [0.15, 0.2) is 0 Å². The molecule has 1 saturated heterocycles. The van der Waals surface area contributed by atoms with Gasteiger partial charge in [-0.25, -0.2) is 0 Å². The van der Waals surface area contributed by atoms with Crippen molar-refractivity contribution in [3.8, 4) is 0 Å². The van der Waals surface area contributed by atoms with Crippen LogP contribution in [0.25, 0.3) is 0 Å². The molecule has 3 atom stereocenters. The molecule has 1 fully saturated rings. The smallest absolute Gasteiger partial charge is 0.220 e. The highest BCUT2D eigenvalue weighted by Gasteiger charge is 2.20. The normalized spacial score (nSPS) is 25.4. The Morgan fingerprint density at radius 1 is 1.39 bits per heavy atom. The molecule has 0 saturated carbocycles. The van der Waals surface area contributed by atoms with E-state index in [1.54, 1.807) is 0 Å². The molecule has 2 N–H and O–H groups in total. The molecule has 1 heterocycles. The zero-order chi connectivity index (χ0) is 12.8. The summed E-state index contributed by atoms with van der Waals surface area (Å²) in [6, 6.07) is 0.909. The first-order valence-corrected chi connectivity index (χ1v) is 7.00. The topological polar surface area (TPSA) is 41.1 Å². The van der Waals surface area contributed by atoms with Gasteiger partial charge in [0.15, 0.2) is 0 Å². The number of halogens is 1. The number of hydrogen-bond donors (Lipinski definition) is 2. The van der Waals surface area contributed by atoms with Crippen molar-refractivity contribution in [2.45, 2.75) is 65.5 Å². The summed E-state index contributed by atoms with van der Waals surface area (Å²) in [5.41, 5.74) is 0. The Bertz CT molecular complexity index is 246. The molecular formula is C14H29ClN2O. The molecule has 0 spiro atoms. The van der Waals surface area contributed by atoms with Gasteiger partial charge in [-0.15, -0.1) is 12.4 Å². The average Bonchev–Trinajstić information content (AvgIpc) is 2.14. The van der Waals surface area contributed by atoms with Crippen LogP contribution in [0.3, 0.4) is 0 Å². The van der Waals surface area contributed by atoms with Crippen LogP contribution >= 0.6 is 12.4 Å². The SMILES string of the molecule is CC(C)CC(C)CC(=O)NC1CCNC(C)C1.Cl. The number of rotatable bonds is 5. The molecule has 0 bridgehead atoms. The summed E-state index contributed by atoms with van der Waals surface area (Å²) in [6.45, 7) is 9.80. The predicted octanol–water partition coefficient (Wildman–Crippen LogP) is 2.74. The van der Waals surface area contributed by atoms with Crippen molar-refractivity contribution in [1.29, 1.82) is 0 Å². The molecule has 0 aromatic rings. The molecular weight excluding hydrogens is 248 g/mol. The maximum Gasteiger partial charge on any atom is 0.220 e. The standard InChI is InChI=1S/C14H28N2O.ClH/c1-10(2)7-11(3)8-14(17)16-13-5-6-15-12(4)9-13;/h10-13,15H,5-9H2,1-4H3,(H,16,17);1H. The largest absolute Gasteiger partial charge is 0.353 e. The summed E-state index contributed by atoms with van der Waals surface area (Å²) in [6.07, 6.45) is 3.94. The quantitative estimate of drug-likeness (QED) is 0.811. The van der Waals surface area contributed by atoms with Crippen LogP contribution in [0.4, 0.5) is 0 Å². The molecule has 108 valence electrons. The average molecular weight is 277 g/mol. The van der Waals surface area contributed by atoms with Crippen molar-refractivity contribution in [3.05, 3.63) is 0 Å². The number of carbonyl (C=O) groups excluding carboxylic acids is 1. The minimum atomic E-state index is 0. The van der Waals surface area contributed by atoms with Gasteiger partial charge in [-0.3, -0.25) is 4.79 Å². The Morgan fingerprint density at radius 2 is 2.06 bits per heavy atom. The summed E-state index contributed by atoms with van der Waals surface area (Å²) < 4.78 is 0. The zero-order valence-electron chi connectivity index (χ0n) is 12.2. The Morgan fingerprint density at radius 3 is 2.61 bits per heavy atom. The summed E-state index contributed by atoms with van der Waals surface area (Å²) in [4.78, 5) is 11.9. The third kappa shape index (κ3) is 7.22. The fraction of sp³-hybridized carbons (Fsp3) is 0.929. The second-order valence-electron chi connectivity index (χ2n) is 6.08. The van der Waals surface area contributed by atoms with E-state index in [4.69, 9.17) is 0 Å². The lowest BCUT2D eigenvalue weighted by molar-refractivity contribution is -0.122. The molecule has 18 heavy (non-hydrogen) atoms. The van der Waals surface area contributed by atoms with E-state index in [9.17, 15) is 4.79 Å². The number of piperidine rings is 1.